The summed E-state index contributed by atoms with van der Waals surface area (Å²) in [6.07, 6.45) is 0.950. The zero-order valence-electron chi connectivity index (χ0n) is 16.6. The second-order valence-electron chi connectivity index (χ2n) is 7.99. The molecule has 5 nitrogen and oxygen atoms in total. The summed E-state index contributed by atoms with van der Waals surface area (Å²) in [5, 5.41) is 7.64. The van der Waals surface area contributed by atoms with E-state index in [9.17, 15) is 13.6 Å². The molecule has 1 aromatic heterocycles. The lowest BCUT2D eigenvalue weighted by Gasteiger charge is -2.35. The van der Waals surface area contributed by atoms with Crippen molar-refractivity contribution >= 4 is 11.7 Å². The highest BCUT2D eigenvalue weighted by molar-refractivity contribution is 6.00. The normalized spacial score (nSPS) is 20.6. The Morgan fingerprint density at radius 1 is 1.00 bits per heavy atom. The van der Waals surface area contributed by atoms with E-state index >= 15 is 0 Å². The summed E-state index contributed by atoms with van der Waals surface area (Å²) >= 11 is 0. The van der Waals surface area contributed by atoms with Crippen molar-refractivity contribution in [1.29, 1.82) is 0 Å². The number of hydrogen-bond donors (Lipinski definition) is 1. The summed E-state index contributed by atoms with van der Waals surface area (Å²) < 4.78 is 29.5. The van der Waals surface area contributed by atoms with Crippen LogP contribution in [-0.2, 0) is 4.79 Å². The van der Waals surface area contributed by atoms with Crippen molar-refractivity contribution in [2.75, 3.05) is 5.32 Å². The lowest BCUT2D eigenvalue weighted by atomic mass is 9.78. The Labute approximate surface area is 172 Å². The molecule has 7 heteroatoms. The number of nitrogens with zero attached hydrogens (tertiary/aromatic N) is 3. The summed E-state index contributed by atoms with van der Waals surface area (Å²) in [6.45, 7) is 3.77. The first-order chi connectivity index (χ1) is 14.4. The minimum absolute atomic E-state index is 0.0322. The lowest BCUT2D eigenvalue weighted by Crippen LogP contribution is -2.33. The van der Waals surface area contributed by atoms with Crippen molar-refractivity contribution in [1.82, 2.24) is 14.8 Å². The van der Waals surface area contributed by atoms with Crippen molar-refractivity contribution < 1.29 is 13.6 Å². The summed E-state index contributed by atoms with van der Waals surface area (Å²) in [5.74, 6) is -0.414. The van der Waals surface area contributed by atoms with Gasteiger partial charge in [0.25, 0.3) is 0 Å². The molecule has 0 radical (unpaired) electrons. The number of Topliss-reactive ketones (excluding diaryl/α,β-unsaturated/α-hetero) is 1. The molecule has 5 rings (SSSR count). The molecule has 1 N–H and O–H groups in total. The molecule has 2 heterocycles. The second-order valence-corrected chi connectivity index (χ2v) is 7.99. The van der Waals surface area contributed by atoms with Crippen LogP contribution < -0.4 is 5.32 Å². The predicted molar refractivity (Wildman–Crippen MR) is 108 cm³/mol. The number of aromatic nitrogens is 3. The second kappa shape index (κ2) is 6.86. The Kier molecular flexibility index (Phi) is 4.27. The maximum Gasteiger partial charge on any atom is 0.226 e. The summed E-state index contributed by atoms with van der Waals surface area (Å²) in [7, 11) is 0. The smallest absolute Gasteiger partial charge is 0.226 e. The topological polar surface area (TPSA) is 59.8 Å². The van der Waals surface area contributed by atoms with Crippen LogP contribution >= 0.6 is 0 Å². The van der Waals surface area contributed by atoms with Crippen molar-refractivity contribution in [3.05, 3.63) is 87.9 Å². The van der Waals surface area contributed by atoms with E-state index in [1.54, 1.807) is 11.6 Å². The van der Waals surface area contributed by atoms with Crippen molar-refractivity contribution in [3.8, 4) is 0 Å². The number of benzene rings is 2. The predicted octanol–water partition coefficient (Wildman–Crippen LogP) is 4.59. The number of hydrogen-bond acceptors (Lipinski definition) is 4. The highest BCUT2D eigenvalue weighted by Crippen LogP contribution is 2.44. The standard InChI is InChI=1S/C23H20F2N4O/c1-12-3-5-14(6-4-12)15-9-19-21(20(30)10-15)22(16-7-17(24)11-18(25)8-16)29-23(27-19)26-13(2)28-29/h3-8,11,15,22H,9-10H2,1-2H3,(H,26,27,28)/t15-,22-/m1/s1. The van der Waals surface area contributed by atoms with Gasteiger partial charge in [-0.05, 0) is 49.4 Å². The molecule has 0 spiro atoms. The Bertz CT molecular complexity index is 1180. The quantitative estimate of drug-likeness (QED) is 0.676. The van der Waals surface area contributed by atoms with Crippen LogP contribution in [0.4, 0.5) is 14.7 Å². The fraction of sp³-hybridized carbons (Fsp3) is 0.261. The molecule has 2 aliphatic rings. The average Bonchev–Trinajstić information content (AvgIpc) is 3.05. The monoisotopic (exact) mass is 406 g/mol. The van der Waals surface area contributed by atoms with E-state index < -0.39 is 17.7 Å². The summed E-state index contributed by atoms with van der Waals surface area (Å²) in [6, 6.07) is 10.8. The highest BCUT2D eigenvalue weighted by atomic mass is 19.1. The SMILES string of the molecule is Cc1ccc([C@H]2CC(=O)C3=C(C2)Nc2nc(C)nn2[C@@H]3c2cc(F)cc(F)c2)cc1. The zero-order valence-corrected chi connectivity index (χ0v) is 16.6. The van der Waals surface area contributed by atoms with Crippen LogP contribution in [-0.4, -0.2) is 20.5 Å². The Morgan fingerprint density at radius 3 is 2.40 bits per heavy atom. The molecular weight excluding hydrogens is 386 g/mol. The molecular formula is C23H20F2N4O. The first-order valence-electron chi connectivity index (χ1n) is 9.88. The zero-order chi connectivity index (χ0) is 21.0. The highest BCUT2D eigenvalue weighted by Gasteiger charge is 2.39. The third kappa shape index (κ3) is 3.10. The Hall–Kier alpha value is -3.35. The van der Waals surface area contributed by atoms with Gasteiger partial charge in [0.2, 0.25) is 5.95 Å². The van der Waals surface area contributed by atoms with E-state index in [2.05, 4.69) is 15.4 Å². The number of anilines is 1. The van der Waals surface area contributed by atoms with Crippen LogP contribution in [0, 0.1) is 25.5 Å². The van der Waals surface area contributed by atoms with Gasteiger partial charge in [0.1, 0.15) is 23.5 Å². The number of carbonyl (C=O) groups is 1. The third-order valence-corrected chi connectivity index (χ3v) is 5.78. The van der Waals surface area contributed by atoms with Crippen molar-refractivity contribution in [2.45, 2.75) is 38.6 Å². The van der Waals surface area contributed by atoms with Crippen molar-refractivity contribution in [3.63, 3.8) is 0 Å². The number of rotatable bonds is 2. The fourth-order valence-corrected chi connectivity index (χ4v) is 4.43. The van der Waals surface area contributed by atoms with Crippen LogP contribution in [0.3, 0.4) is 0 Å². The van der Waals surface area contributed by atoms with Gasteiger partial charge >= 0.3 is 0 Å². The average molecular weight is 406 g/mol. The summed E-state index contributed by atoms with van der Waals surface area (Å²) in [5.41, 5.74) is 3.84. The number of ketones is 1. The molecule has 0 amide bonds. The van der Waals surface area contributed by atoms with Gasteiger partial charge in [0.15, 0.2) is 5.78 Å². The Morgan fingerprint density at radius 2 is 1.70 bits per heavy atom. The number of halogens is 2. The molecule has 2 atom stereocenters. The van der Waals surface area contributed by atoms with Crippen molar-refractivity contribution in [2.24, 2.45) is 0 Å². The first kappa shape index (κ1) is 18.7. The molecule has 1 aliphatic carbocycles. The van der Waals surface area contributed by atoms with Gasteiger partial charge in [-0.2, -0.15) is 10.1 Å². The Balaban J connectivity index is 1.62. The van der Waals surface area contributed by atoms with E-state index in [-0.39, 0.29) is 11.7 Å². The van der Waals surface area contributed by atoms with Gasteiger partial charge in [0, 0.05) is 23.8 Å². The van der Waals surface area contributed by atoms with Gasteiger partial charge in [0.05, 0.1) is 0 Å². The molecule has 30 heavy (non-hydrogen) atoms. The van der Waals surface area contributed by atoms with Crippen LogP contribution in [0.25, 0.3) is 0 Å². The van der Waals surface area contributed by atoms with E-state index in [4.69, 9.17) is 0 Å². The van der Waals surface area contributed by atoms with Gasteiger partial charge in [-0.25, -0.2) is 13.5 Å². The third-order valence-electron chi connectivity index (χ3n) is 5.78. The minimum atomic E-state index is -0.714. The fourth-order valence-electron chi connectivity index (χ4n) is 4.43. The van der Waals surface area contributed by atoms with E-state index in [1.807, 2.05) is 31.2 Å². The largest absolute Gasteiger partial charge is 0.328 e. The van der Waals surface area contributed by atoms with E-state index in [1.165, 1.54) is 12.1 Å². The molecule has 0 unspecified atom stereocenters. The molecule has 0 saturated heterocycles. The number of nitrogens with one attached hydrogen (secondary N) is 1. The van der Waals surface area contributed by atoms with Crippen LogP contribution in [0.2, 0.25) is 0 Å². The number of allylic oxidation sites excluding steroid dienone is 2. The van der Waals surface area contributed by atoms with Crippen LogP contribution in [0.5, 0.6) is 0 Å². The van der Waals surface area contributed by atoms with Gasteiger partial charge < -0.3 is 5.32 Å². The van der Waals surface area contributed by atoms with Gasteiger partial charge in [-0.3, -0.25) is 4.79 Å². The minimum Gasteiger partial charge on any atom is -0.328 e. The molecule has 152 valence electrons. The lowest BCUT2D eigenvalue weighted by molar-refractivity contribution is -0.116. The van der Waals surface area contributed by atoms with Gasteiger partial charge in [-0.1, -0.05) is 29.8 Å². The summed E-state index contributed by atoms with van der Waals surface area (Å²) in [4.78, 5) is 17.7. The maximum absolute atomic E-state index is 14.0. The molecule has 0 saturated carbocycles. The number of fused-ring (bicyclic) bond motifs is 1. The number of aryl methyl sites for hydroxylation is 2. The van der Waals surface area contributed by atoms with E-state index in [0.717, 1.165) is 22.9 Å². The van der Waals surface area contributed by atoms with E-state index in [0.29, 0.717) is 35.8 Å². The molecule has 3 aromatic rings. The molecule has 0 fully saturated rings. The molecule has 1 aliphatic heterocycles. The first-order valence-corrected chi connectivity index (χ1v) is 9.88. The molecule has 0 bridgehead atoms. The maximum atomic E-state index is 14.0. The van der Waals surface area contributed by atoms with Crippen LogP contribution in [0.1, 0.15) is 47.3 Å². The number of carbonyl (C=O) groups excluding carboxylic acids is 1. The van der Waals surface area contributed by atoms with Gasteiger partial charge in [-0.15, -0.1) is 0 Å². The molecule has 2 aromatic carbocycles. The van der Waals surface area contributed by atoms with Crippen LogP contribution in [0.15, 0.2) is 53.7 Å².